The maximum Gasteiger partial charge on any atom is 0.224 e. The van der Waals surface area contributed by atoms with Gasteiger partial charge in [-0.05, 0) is 43.7 Å². The number of benzene rings is 1. The first kappa shape index (κ1) is 15.5. The molecule has 21 heavy (non-hydrogen) atoms. The van der Waals surface area contributed by atoms with E-state index < -0.39 is 0 Å². The Morgan fingerprint density at radius 2 is 2.19 bits per heavy atom. The van der Waals surface area contributed by atoms with Crippen molar-refractivity contribution in [2.75, 3.05) is 11.9 Å². The van der Waals surface area contributed by atoms with Crippen LogP contribution in [0.1, 0.15) is 19.0 Å². The Hall–Kier alpha value is -1.88. The molecule has 1 heterocycles. The van der Waals surface area contributed by atoms with Gasteiger partial charge in [-0.2, -0.15) is 0 Å². The van der Waals surface area contributed by atoms with Crippen LogP contribution in [-0.4, -0.2) is 17.5 Å². The van der Waals surface area contributed by atoms with E-state index in [1.165, 1.54) is 0 Å². The monoisotopic (exact) mass is 348 g/mol. The number of aromatic nitrogens is 1. The molecule has 0 radical (unpaired) electrons. The molecule has 0 saturated heterocycles. The molecule has 0 saturated carbocycles. The summed E-state index contributed by atoms with van der Waals surface area (Å²) in [4.78, 5) is 16.3. The summed E-state index contributed by atoms with van der Waals surface area (Å²) in [5.41, 5.74) is 1.59. The average Bonchev–Trinajstić information content (AvgIpc) is 2.49. The van der Waals surface area contributed by atoms with Gasteiger partial charge in [-0.15, -0.1) is 0 Å². The van der Waals surface area contributed by atoms with Gasteiger partial charge in [-0.3, -0.25) is 9.78 Å². The Kier molecular flexibility index (Phi) is 5.75. The van der Waals surface area contributed by atoms with Crippen molar-refractivity contribution in [2.24, 2.45) is 0 Å². The number of carbonyl (C=O) groups is 1. The number of aryl methyl sites for hydroxylation is 1. The van der Waals surface area contributed by atoms with E-state index in [4.69, 9.17) is 4.74 Å². The lowest BCUT2D eigenvalue weighted by Crippen LogP contribution is -2.13. The minimum Gasteiger partial charge on any atom is -0.492 e. The smallest absolute Gasteiger partial charge is 0.224 e. The summed E-state index contributed by atoms with van der Waals surface area (Å²) >= 11 is 3.40. The molecular weight excluding hydrogens is 332 g/mol. The standard InChI is InChI=1S/C16H17BrN2O2/c1-2-21-15-8-6-12(17)11-14(15)19-16(20)9-7-13-5-3-4-10-18-13/h3-6,8,10-11H,2,7,9H2,1H3,(H,19,20). The van der Waals surface area contributed by atoms with Gasteiger partial charge >= 0.3 is 0 Å². The van der Waals surface area contributed by atoms with Crippen molar-refractivity contribution in [3.8, 4) is 5.75 Å². The fourth-order valence-corrected chi connectivity index (χ4v) is 2.24. The lowest BCUT2D eigenvalue weighted by molar-refractivity contribution is -0.116. The van der Waals surface area contributed by atoms with Crippen molar-refractivity contribution >= 4 is 27.5 Å². The number of pyridine rings is 1. The van der Waals surface area contributed by atoms with Crippen LogP contribution in [0.3, 0.4) is 0 Å². The summed E-state index contributed by atoms with van der Waals surface area (Å²) in [5, 5.41) is 2.88. The van der Waals surface area contributed by atoms with Crippen LogP contribution in [0.4, 0.5) is 5.69 Å². The van der Waals surface area contributed by atoms with Crippen LogP contribution in [0.5, 0.6) is 5.75 Å². The van der Waals surface area contributed by atoms with Gasteiger partial charge in [0.1, 0.15) is 5.75 Å². The summed E-state index contributed by atoms with van der Waals surface area (Å²) in [5.74, 6) is 0.617. The Balaban J connectivity index is 1.97. The maximum atomic E-state index is 12.0. The molecule has 1 N–H and O–H groups in total. The number of amides is 1. The molecule has 0 aliphatic carbocycles. The van der Waals surface area contributed by atoms with Gasteiger partial charge in [0.15, 0.2) is 0 Å². The van der Waals surface area contributed by atoms with Gasteiger partial charge in [0, 0.05) is 22.8 Å². The average molecular weight is 349 g/mol. The fourth-order valence-electron chi connectivity index (χ4n) is 1.88. The molecule has 1 aromatic heterocycles. The zero-order chi connectivity index (χ0) is 15.1. The highest BCUT2D eigenvalue weighted by Crippen LogP contribution is 2.28. The zero-order valence-electron chi connectivity index (χ0n) is 11.8. The van der Waals surface area contributed by atoms with Gasteiger partial charge in [-0.1, -0.05) is 22.0 Å². The van der Waals surface area contributed by atoms with E-state index in [-0.39, 0.29) is 5.91 Å². The van der Waals surface area contributed by atoms with Crippen LogP contribution in [0, 0.1) is 0 Å². The van der Waals surface area contributed by atoms with Crippen molar-refractivity contribution in [2.45, 2.75) is 19.8 Å². The van der Waals surface area contributed by atoms with Crippen molar-refractivity contribution in [1.82, 2.24) is 4.98 Å². The van der Waals surface area contributed by atoms with Gasteiger partial charge in [0.25, 0.3) is 0 Å². The van der Waals surface area contributed by atoms with Gasteiger partial charge < -0.3 is 10.1 Å². The number of nitrogens with one attached hydrogen (secondary N) is 1. The van der Waals surface area contributed by atoms with Gasteiger partial charge in [0.2, 0.25) is 5.91 Å². The molecule has 0 aliphatic heterocycles. The highest BCUT2D eigenvalue weighted by Gasteiger charge is 2.09. The first-order valence-corrected chi connectivity index (χ1v) is 7.60. The summed E-state index contributed by atoms with van der Waals surface area (Å²) in [6, 6.07) is 11.2. The van der Waals surface area contributed by atoms with Crippen LogP contribution in [0.2, 0.25) is 0 Å². The van der Waals surface area contributed by atoms with Crippen LogP contribution in [-0.2, 0) is 11.2 Å². The van der Waals surface area contributed by atoms with Gasteiger partial charge in [-0.25, -0.2) is 0 Å². The second-order valence-corrected chi connectivity index (χ2v) is 5.36. The van der Waals surface area contributed by atoms with Crippen molar-refractivity contribution in [3.05, 3.63) is 52.8 Å². The van der Waals surface area contributed by atoms with Crippen LogP contribution in [0.25, 0.3) is 0 Å². The van der Waals surface area contributed by atoms with E-state index in [0.717, 1.165) is 10.2 Å². The van der Waals surface area contributed by atoms with E-state index in [0.29, 0.717) is 30.9 Å². The number of hydrogen-bond donors (Lipinski definition) is 1. The highest BCUT2D eigenvalue weighted by molar-refractivity contribution is 9.10. The molecule has 0 aliphatic rings. The Bertz CT molecular complexity index is 602. The van der Waals surface area contributed by atoms with Crippen LogP contribution in [0.15, 0.2) is 47.1 Å². The normalized spacial score (nSPS) is 10.2. The highest BCUT2D eigenvalue weighted by atomic mass is 79.9. The second kappa shape index (κ2) is 7.78. The molecule has 110 valence electrons. The van der Waals surface area contributed by atoms with E-state index in [1.807, 2.05) is 43.3 Å². The predicted molar refractivity (Wildman–Crippen MR) is 86.5 cm³/mol. The number of hydrogen-bond acceptors (Lipinski definition) is 3. The Labute approximate surface area is 132 Å². The molecule has 0 unspecified atom stereocenters. The number of carbonyl (C=O) groups excluding carboxylic acids is 1. The number of nitrogens with zero attached hydrogens (tertiary/aromatic N) is 1. The molecule has 5 heteroatoms. The number of anilines is 1. The first-order valence-electron chi connectivity index (χ1n) is 6.81. The minimum atomic E-state index is -0.0558. The van der Waals surface area contributed by atoms with Crippen LogP contribution >= 0.6 is 15.9 Å². The summed E-state index contributed by atoms with van der Waals surface area (Å²) in [6.45, 7) is 2.47. The van der Waals surface area contributed by atoms with E-state index >= 15 is 0 Å². The summed E-state index contributed by atoms with van der Waals surface area (Å²) in [7, 11) is 0. The minimum absolute atomic E-state index is 0.0558. The molecule has 1 amide bonds. The predicted octanol–water partition coefficient (Wildman–Crippen LogP) is 3.81. The molecule has 2 aromatic rings. The molecule has 0 spiro atoms. The molecule has 2 rings (SSSR count). The summed E-state index contributed by atoms with van der Waals surface area (Å²) in [6.07, 6.45) is 2.73. The number of rotatable bonds is 6. The third kappa shape index (κ3) is 4.86. The van der Waals surface area contributed by atoms with E-state index in [2.05, 4.69) is 26.2 Å². The third-order valence-electron chi connectivity index (χ3n) is 2.85. The molecule has 0 atom stereocenters. The molecule has 4 nitrogen and oxygen atoms in total. The fraction of sp³-hybridized carbons (Fsp3) is 0.250. The van der Waals surface area contributed by atoms with E-state index in [1.54, 1.807) is 6.20 Å². The number of halogens is 1. The maximum absolute atomic E-state index is 12.0. The zero-order valence-corrected chi connectivity index (χ0v) is 13.4. The molecule has 1 aromatic carbocycles. The molecular formula is C16H17BrN2O2. The van der Waals surface area contributed by atoms with Crippen molar-refractivity contribution in [1.29, 1.82) is 0 Å². The lowest BCUT2D eigenvalue weighted by atomic mass is 10.2. The van der Waals surface area contributed by atoms with Crippen LogP contribution < -0.4 is 10.1 Å². The largest absolute Gasteiger partial charge is 0.492 e. The van der Waals surface area contributed by atoms with E-state index in [9.17, 15) is 4.79 Å². The quantitative estimate of drug-likeness (QED) is 0.863. The van der Waals surface area contributed by atoms with Crippen molar-refractivity contribution in [3.63, 3.8) is 0 Å². The lowest BCUT2D eigenvalue weighted by Gasteiger charge is -2.12. The van der Waals surface area contributed by atoms with Crippen molar-refractivity contribution < 1.29 is 9.53 Å². The number of ether oxygens (including phenoxy) is 1. The SMILES string of the molecule is CCOc1ccc(Br)cc1NC(=O)CCc1ccccn1. The molecule has 0 bridgehead atoms. The third-order valence-corrected chi connectivity index (χ3v) is 3.34. The summed E-state index contributed by atoms with van der Waals surface area (Å²) < 4.78 is 6.40. The topological polar surface area (TPSA) is 51.2 Å². The van der Waals surface area contributed by atoms with Gasteiger partial charge in [0.05, 0.1) is 12.3 Å². The first-order chi connectivity index (χ1) is 10.2. The second-order valence-electron chi connectivity index (χ2n) is 4.44. The molecule has 0 fully saturated rings. The Morgan fingerprint density at radius 3 is 2.90 bits per heavy atom. The Morgan fingerprint density at radius 1 is 1.33 bits per heavy atom.